The second-order valence-electron chi connectivity index (χ2n) is 3.98. The highest BCUT2D eigenvalue weighted by Crippen LogP contribution is 2.16. The van der Waals surface area contributed by atoms with Gasteiger partial charge in [-0.25, -0.2) is 0 Å². The topological polar surface area (TPSA) is 25.2 Å². The van der Waals surface area contributed by atoms with Crippen molar-refractivity contribution < 1.29 is 4.42 Å². The Kier molecular flexibility index (Phi) is 3.30. The fourth-order valence-electron chi connectivity index (χ4n) is 1.76. The van der Waals surface area contributed by atoms with Gasteiger partial charge in [0.2, 0.25) is 0 Å². The fourth-order valence-corrected chi connectivity index (χ4v) is 1.76. The average molecular weight is 215 g/mol. The van der Waals surface area contributed by atoms with Gasteiger partial charge >= 0.3 is 0 Å². The molecule has 1 heterocycles. The minimum Gasteiger partial charge on any atom is -0.472 e. The van der Waals surface area contributed by atoms with Gasteiger partial charge in [-0.15, -0.1) is 0 Å². The van der Waals surface area contributed by atoms with E-state index in [2.05, 4.69) is 37.4 Å². The smallest absolute Gasteiger partial charge is 0.0952 e. The van der Waals surface area contributed by atoms with Crippen LogP contribution in [0.2, 0.25) is 0 Å². The molecule has 2 rings (SSSR count). The van der Waals surface area contributed by atoms with Gasteiger partial charge in [0.25, 0.3) is 0 Å². The van der Waals surface area contributed by atoms with Crippen molar-refractivity contribution in [2.75, 3.05) is 5.32 Å². The van der Waals surface area contributed by atoms with Crippen LogP contribution in [0.3, 0.4) is 0 Å². The lowest BCUT2D eigenvalue weighted by molar-refractivity contribution is 0.564. The molecule has 1 aromatic carbocycles. The molecule has 0 fully saturated rings. The van der Waals surface area contributed by atoms with Crippen LogP contribution in [0.1, 0.15) is 23.6 Å². The molecule has 84 valence electrons. The van der Waals surface area contributed by atoms with E-state index in [1.54, 1.807) is 12.5 Å². The van der Waals surface area contributed by atoms with Crippen molar-refractivity contribution in [2.24, 2.45) is 0 Å². The van der Waals surface area contributed by atoms with Crippen LogP contribution in [0, 0.1) is 6.92 Å². The van der Waals surface area contributed by atoms with Crippen molar-refractivity contribution in [3.05, 3.63) is 53.5 Å². The summed E-state index contributed by atoms with van der Waals surface area (Å²) in [6.45, 7) is 5.14. The number of nitrogens with one attached hydrogen (secondary N) is 1. The molecule has 1 aromatic heterocycles. The van der Waals surface area contributed by atoms with E-state index in [1.807, 2.05) is 6.07 Å². The largest absolute Gasteiger partial charge is 0.472 e. The molecule has 0 radical (unpaired) electrons. The number of hydrogen-bond donors (Lipinski definition) is 1. The van der Waals surface area contributed by atoms with Crippen molar-refractivity contribution in [3.63, 3.8) is 0 Å². The van der Waals surface area contributed by atoms with E-state index < -0.39 is 0 Å². The molecule has 0 amide bonds. The van der Waals surface area contributed by atoms with Gasteiger partial charge in [-0.2, -0.15) is 0 Å². The van der Waals surface area contributed by atoms with Gasteiger partial charge in [-0.3, -0.25) is 0 Å². The van der Waals surface area contributed by atoms with Crippen molar-refractivity contribution in [1.29, 1.82) is 0 Å². The van der Waals surface area contributed by atoms with Crippen LogP contribution in [-0.4, -0.2) is 0 Å². The van der Waals surface area contributed by atoms with E-state index in [0.29, 0.717) is 0 Å². The predicted octanol–water partition coefficient (Wildman–Crippen LogP) is 3.76. The lowest BCUT2D eigenvalue weighted by Crippen LogP contribution is -1.99. The zero-order chi connectivity index (χ0) is 11.4. The standard InChI is InChI=1S/C14H17NO/c1-3-13-8-14(5-4-11(13)2)15-9-12-6-7-16-10-12/h4-8,10,15H,3,9H2,1-2H3. The van der Waals surface area contributed by atoms with Gasteiger partial charge in [0.1, 0.15) is 0 Å². The van der Waals surface area contributed by atoms with Gasteiger partial charge in [-0.05, 0) is 42.7 Å². The maximum atomic E-state index is 5.03. The van der Waals surface area contributed by atoms with Crippen LogP contribution >= 0.6 is 0 Å². The molecule has 1 N–H and O–H groups in total. The van der Waals surface area contributed by atoms with E-state index >= 15 is 0 Å². The second-order valence-corrected chi connectivity index (χ2v) is 3.98. The van der Waals surface area contributed by atoms with E-state index in [-0.39, 0.29) is 0 Å². The van der Waals surface area contributed by atoms with Gasteiger partial charge in [0, 0.05) is 17.8 Å². The number of hydrogen-bond acceptors (Lipinski definition) is 2. The maximum Gasteiger partial charge on any atom is 0.0952 e. The normalized spacial score (nSPS) is 10.4. The Balaban J connectivity index is 2.04. The van der Waals surface area contributed by atoms with E-state index in [9.17, 15) is 0 Å². The Morgan fingerprint density at radius 3 is 2.81 bits per heavy atom. The molecular formula is C14H17NO. The molecule has 0 saturated heterocycles. The molecule has 0 aliphatic heterocycles. The summed E-state index contributed by atoms with van der Waals surface area (Å²) in [5, 5.41) is 3.39. The number of furan rings is 1. The molecule has 16 heavy (non-hydrogen) atoms. The first kappa shape index (κ1) is 10.8. The maximum absolute atomic E-state index is 5.03. The summed E-state index contributed by atoms with van der Waals surface area (Å²) in [4.78, 5) is 0. The lowest BCUT2D eigenvalue weighted by atomic mass is 10.1. The van der Waals surface area contributed by atoms with Gasteiger partial charge < -0.3 is 9.73 Å². The molecule has 2 aromatic rings. The average Bonchev–Trinajstić information content (AvgIpc) is 2.81. The van der Waals surface area contributed by atoms with Crippen LogP contribution in [0.25, 0.3) is 0 Å². The quantitative estimate of drug-likeness (QED) is 0.840. The molecular weight excluding hydrogens is 198 g/mol. The summed E-state index contributed by atoms with van der Waals surface area (Å²) in [6, 6.07) is 8.47. The third kappa shape index (κ3) is 2.45. The van der Waals surface area contributed by atoms with Crippen molar-refractivity contribution in [1.82, 2.24) is 0 Å². The summed E-state index contributed by atoms with van der Waals surface area (Å²) >= 11 is 0. The van der Waals surface area contributed by atoms with Crippen LogP contribution in [0.15, 0.2) is 41.2 Å². The number of benzene rings is 1. The summed E-state index contributed by atoms with van der Waals surface area (Å²) < 4.78 is 5.03. The summed E-state index contributed by atoms with van der Waals surface area (Å²) in [5.74, 6) is 0. The van der Waals surface area contributed by atoms with Gasteiger partial charge in [0.15, 0.2) is 0 Å². The molecule has 0 bridgehead atoms. The number of anilines is 1. The zero-order valence-corrected chi connectivity index (χ0v) is 9.79. The molecule has 2 heteroatoms. The third-order valence-corrected chi connectivity index (χ3v) is 2.81. The first-order chi connectivity index (χ1) is 7.79. The van der Waals surface area contributed by atoms with Gasteiger partial charge in [0.05, 0.1) is 12.5 Å². The Labute approximate surface area is 96.3 Å². The molecule has 0 unspecified atom stereocenters. The Bertz CT molecular complexity index is 446. The van der Waals surface area contributed by atoms with E-state index in [4.69, 9.17) is 4.42 Å². The fraction of sp³-hybridized carbons (Fsp3) is 0.286. The first-order valence-electron chi connectivity index (χ1n) is 5.64. The SMILES string of the molecule is CCc1cc(NCc2ccoc2)ccc1C. The minimum absolute atomic E-state index is 0.808. The summed E-state index contributed by atoms with van der Waals surface area (Å²) in [5.41, 5.74) is 5.09. The Morgan fingerprint density at radius 1 is 1.25 bits per heavy atom. The molecule has 0 atom stereocenters. The number of rotatable bonds is 4. The first-order valence-corrected chi connectivity index (χ1v) is 5.64. The van der Waals surface area contributed by atoms with Crippen molar-refractivity contribution in [2.45, 2.75) is 26.8 Å². The third-order valence-electron chi connectivity index (χ3n) is 2.81. The van der Waals surface area contributed by atoms with E-state index in [1.165, 1.54) is 22.4 Å². The number of aryl methyl sites for hydroxylation is 2. The second kappa shape index (κ2) is 4.88. The van der Waals surface area contributed by atoms with Crippen LogP contribution < -0.4 is 5.32 Å². The summed E-state index contributed by atoms with van der Waals surface area (Å²) in [7, 11) is 0. The van der Waals surface area contributed by atoms with Gasteiger partial charge in [-0.1, -0.05) is 13.0 Å². The monoisotopic (exact) mass is 215 g/mol. The summed E-state index contributed by atoms with van der Waals surface area (Å²) in [6.07, 6.45) is 4.54. The molecule has 0 saturated carbocycles. The highest BCUT2D eigenvalue weighted by molar-refractivity contribution is 5.48. The van der Waals surface area contributed by atoms with Crippen molar-refractivity contribution in [3.8, 4) is 0 Å². The predicted molar refractivity (Wildman–Crippen MR) is 66.6 cm³/mol. The minimum atomic E-state index is 0.808. The van der Waals surface area contributed by atoms with Crippen molar-refractivity contribution >= 4 is 5.69 Å². The van der Waals surface area contributed by atoms with Crippen LogP contribution in [0.4, 0.5) is 5.69 Å². The zero-order valence-electron chi connectivity index (χ0n) is 9.79. The Hall–Kier alpha value is -1.70. The molecule has 0 aliphatic rings. The van der Waals surface area contributed by atoms with E-state index in [0.717, 1.165) is 13.0 Å². The molecule has 2 nitrogen and oxygen atoms in total. The highest BCUT2D eigenvalue weighted by atomic mass is 16.3. The molecule has 0 aliphatic carbocycles. The lowest BCUT2D eigenvalue weighted by Gasteiger charge is -2.08. The molecule has 0 spiro atoms. The van der Waals surface area contributed by atoms with Crippen LogP contribution in [-0.2, 0) is 13.0 Å². The van der Waals surface area contributed by atoms with Crippen LogP contribution in [0.5, 0.6) is 0 Å². The Morgan fingerprint density at radius 2 is 2.12 bits per heavy atom. The highest BCUT2D eigenvalue weighted by Gasteiger charge is 1.99.